The quantitative estimate of drug-likeness (QED) is 0.753. The standard InChI is InChI=1S/C18H23N3O4/c1-20(23-2)18(22)15-12-17(25-13-14-8-4-3-5-9-14)21(19-15)16-10-6-7-11-24-16/h3-5,8-9,12,16H,6-7,10-11,13H2,1-2H3. The molecule has 1 amide bonds. The van der Waals surface area contributed by atoms with Crippen LogP contribution in [-0.2, 0) is 16.2 Å². The molecule has 3 rings (SSSR count). The molecule has 2 aromatic rings. The van der Waals surface area contributed by atoms with Crippen molar-refractivity contribution in [1.82, 2.24) is 14.8 Å². The topological polar surface area (TPSA) is 65.8 Å². The largest absolute Gasteiger partial charge is 0.473 e. The van der Waals surface area contributed by atoms with Crippen molar-refractivity contribution in [2.75, 3.05) is 20.8 Å². The van der Waals surface area contributed by atoms with E-state index in [-0.39, 0.29) is 17.8 Å². The molecule has 1 saturated heterocycles. The van der Waals surface area contributed by atoms with Crippen molar-refractivity contribution >= 4 is 5.91 Å². The van der Waals surface area contributed by atoms with Crippen molar-refractivity contribution in [2.45, 2.75) is 32.1 Å². The van der Waals surface area contributed by atoms with Gasteiger partial charge in [-0.25, -0.2) is 9.75 Å². The van der Waals surface area contributed by atoms with Crippen LogP contribution in [0.15, 0.2) is 36.4 Å². The van der Waals surface area contributed by atoms with Gasteiger partial charge in [0.2, 0.25) is 5.88 Å². The molecule has 7 nitrogen and oxygen atoms in total. The first kappa shape index (κ1) is 17.4. The number of benzene rings is 1. The first-order chi connectivity index (χ1) is 12.2. The molecule has 1 aromatic carbocycles. The van der Waals surface area contributed by atoms with Crippen LogP contribution in [0.2, 0.25) is 0 Å². The molecule has 25 heavy (non-hydrogen) atoms. The van der Waals surface area contributed by atoms with Crippen molar-refractivity contribution in [2.24, 2.45) is 0 Å². The number of hydrogen-bond donors (Lipinski definition) is 0. The van der Waals surface area contributed by atoms with Crippen molar-refractivity contribution < 1.29 is 19.1 Å². The van der Waals surface area contributed by atoms with Gasteiger partial charge in [0.05, 0.1) is 7.11 Å². The molecule has 0 spiro atoms. The first-order valence-corrected chi connectivity index (χ1v) is 8.39. The summed E-state index contributed by atoms with van der Waals surface area (Å²) in [6.07, 6.45) is 2.73. The summed E-state index contributed by atoms with van der Waals surface area (Å²) in [6.45, 7) is 1.08. The number of carbonyl (C=O) groups is 1. The summed E-state index contributed by atoms with van der Waals surface area (Å²) >= 11 is 0. The maximum atomic E-state index is 12.3. The van der Waals surface area contributed by atoms with Gasteiger partial charge >= 0.3 is 0 Å². The highest BCUT2D eigenvalue weighted by atomic mass is 16.7. The number of amides is 1. The van der Waals surface area contributed by atoms with Crippen molar-refractivity contribution in [1.29, 1.82) is 0 Å². The average Bonchev–Trinajstić information content (AvgIpc) is 3.11. The fraction of sp³-hybridized carbons (Fsp3) is 0.444. The summed E-state index contributed by atoms with van der Waals surface area (Å²) in [5.74, 6) is 0.185. The van der Waals surface area contributed by atoms with Gasteiger partial charge in [-0.2, -0.15) is 5.10 Å². The van der Waals surface area contributed by atoms with Crippen molar-refractivity contribution in [3.05, 3.63) is 47.7 Å². The lowest BCUT2D eigenvalue weighted by Crippen LogP contribution is -2.26. The maximum Gasteiger partial charge on any atom is 0.297 e. The Labute approximate surface area is 147 Å². The molecule has 134 valence electrons. The number of hydroxylamine groups is 2. The molecule has 0 radical (unpaired) electrons. The molecule has 1 aromatic heterocycles. The summed E-state index contributed by atoms with van der Waals surface area (Å²) < 4.78 is 13.4. The second-order valence-corrected chi connectivity index (χ2v) is 5.89. The second kappa shape index (κ2) is 8.13. The predicted octanol–water partition coefficient (Wildman–Crippen LogP) is 2.79. The Morgan fingerprint density at radius 1 is 1.36 bits per heavy atom. The summed E-state index contributed by atoms with van der Waals surface area (Å²) in [5, 5.41) is 5.54. The van der Waals surface area contributed by atoms with E-state index in [0.29, 0.717) is 19.1 Å². The maximum absolute atomic E-state index is 12.3. The van der Waals surface area contributed by atoms with E-state index in [1.807, 2.05) is 30.3 Å². The van der Waals surface area contributed by atoms with E-state index in [4.69, 9.17) is 14.3 Å². The highest BCUT2D eigenvalue weighted by Gasteiger charge is 2.25. The average molecular weight is 345 g/mol. The van der Waals surface area contributed by atoms with Crippen LogP contribution in [0.4, 0.5) is 0 Å². The predicted molar refractivity (Wildman–Crippen MR) is 90.9 cm³/mol. The Balaban J connectivity index is 1.82. The zero-order chi connectivity index (χ0) is 17.6. The Bertz CT molecular complexity index is 696. The Hall–Kier alpha value is -2.38. The lowest BCUT2D eigenvalue weighted by molar-refractivity contribution is -0.0764. The zero-order valence-electron chi connectivity index (χ0n) is 14.6. The monoisotopic (exact) mass is 345 g/mol. The fourth-order valence-corrected chi connectivity index (χ4v) is 2.69. The van der Waals surface area contributed by atoms with Gasteiger partial charge < -0.3 is 9.47 Å². The number of aromatic nitrogens is 2. The molecule has 0 aliphatic carbocycles. The van der Waals surface area contributed by atoms with Gasteiger partial charge in [-0.1, -0.05) is 30.3 Å². The van der Waals surface area contributed by atoms with Crippen LogP contribution >= 0.6 is 0 Å². The molecule has 1 unspecified atom stereocenters. The molecule has 1 atom stereocenters. The number of carbonyl (C=O) groups excluding carboxylic acids is 1. The minimum absolute atomic E-state index is 0.214. The molecule has 0 bridgehead atoms. The lowest BCUT2D eigenvalue weighted by atomic mass is 10.2. The van der Waals surface area contributed by atoms with Crippen LogP contribution in [-0.4, -0.2) is 41.5 Å². The van der Waals surface area contributed by atoms with Gasteiger partial charge in [-0.05, 0) is 24.8 Å². The Morgan fingerprint density at radius 3 is 2.84 bits per heavy atom. The lowest BCUT2D eigenvalue weighted by Gasteiger charge is -2.24. The number of nitrogens with zero attached hydrogens (tertiary/aromatic N) is 3. The molecule has 1 aliphatic rings. The molecular formula is C18H23N3O4. The zero-order valence-corrected chi connectivity index (χ0v) is 14.6. The van der Waals surface area contributed by atoms with Gasteiger partial charge in [0.25, 0.3) is 5.91 Å². The first-order valence-electron chi connectivity index (χ1n) is 8.39. The SMILES string of the molecule is CON(C)C(=O)c1cc(OCc2ccccc2)n(C2CCCCO2)n1. The molecule has 7 heteroatoms. The summed E-state index contributed by atoms with van der Waals surface area (Å²) in [5.41, 5.74) is 1.31. The summed E-state index contributed by atoms with van der Waals surface area (Å²) in [6, 6.07) is 11.5. The van der Waals surface area contributed by atoms with Gasteiger partial charge in [0.15, 0.2) is 11.9 Å². The van der Waals surface area contributed by atoms with Crippen LogP contribution in [0.1, 0.15) is 41.5 Å². The third-order valence-electron chi connectivity index (χ3n) is 4.14. The van der Waals surface area contributed by atoms with Gasteiger partial charge in [0.1, 0.15) is 6.61 Å². The highest BCUT2D eigenvalue weighted by Crippen LogP contribution is 2.28. The number of ether oxygens (including phenoxy) is 2. The van der Waals surface area contributed by atoms with E-state index in [9.17, 15) is 4.79 Å². The van der Waals surface area contributed by atoms with E-state index in [2.05, 4.69) is 5.10 Å². The highest BCUT2D eigenvalue weighted by molar-refractivity contribution is 5.91. The van der Waals surface area contributed by atoms with E-state index < -0.39 is 0 Å². The number of rotatable bonds is 6. The Morgan fingerprint density at radius 2 is 2.16 bits per heavy atom. The van der Waals surface area contributed by atoms with E-state index >= 15 is 0 Å². The third kappa shape index (κ3) is 4.18. The second-order valence-electron chi connectivity index (χ2n) is 5.89. The third-order valence-corrected chi connectivity index (χ3v) is 4.14. The van der Waals surface area contributed by atoms with Crippen LogP contribution in [0.25, 0.3) is 0 Å². The minimum Gasteiger partial charge on any atom is -0.473 e. The van der Waals surface area contributed by atoms with E-state index in [0.717, 1.165) is 29.9 Å². The fourth-order valence-electron chi connectivity index (χ4n) is 2.69. The Kier molecular flexibility index (Phi) is 5.67. The minimum atomic E-state index is -0.332. The van der Waals surface area contributed by atoms with E-state index in [1.54, 1.807) is 17.8 Å². The van der Waals surface area contributed by atoms with Crippen LogP contribution in [0.3, 0.4) is 0 Å². The van der Waals surface area contributed by atoms with Gasteiger partial charge in [-0.15, -0.1) is 0 Å². The molecule has 1 aliphatic heterocycles. The van der Waals surface area contributed by atoms with Crippen LogP contribution in [0, 0.1) is 0 Å². The van der Waals surface area contributed by atoms with Gasteiger partial charge in [-0.3, -0.25) is 9.63 Å². The normalized spacial score (nSPS) is 17.3. The molecule has 2 heterocycles. The molecule has 0 saturated carbocycles. The van der Waals surface area contributed by atoms with Crippen LogP contribution < -0.4 is 4.74 Å². The van der Waals surface area contributed by atoms with E-state index in [1.165, 1.54) is 7.11 Å². The smallest absolute Gasteiger partial charge is 0.297 e. The van der Waals surface area contributed by atoms with Gasteiger partial charge in [0, 0.05) is 19.7 Å². The summed E-state index contributed by atoms with van der Waals surface area (Å²) in [7, 11) is 2.98. The van der Waals surface area contributed by atoms with Crippen molar-refractivity contribution in [3.63, 3.8) is 0 Å². The number of hydrogen-bond acceptors (Lipinski definition) is 5. The molecule has 0 N–H and O–H groups in total. The molecule has 1 fully saturated rings. The van der Waals surface area contributed by atoms with Crippen LogP contribution in [0.5, 0.6) is 5.88 Å². The molecular weight excluding hydrogens is 322 g/mol. The van der Waals surface area contributed by atoms with Crippen molar-refractivity contribution in [3.8, 4) is 5.88 Å². The summed E-state index contributed by atoms with van der Waals surface area (Å²) in [4.78, 5) is 17.3.